The highest BCUT2D eigenvalue weighted by Gasteiger charge is 2.21. The number of hydrogen-bond donors (Lipinski definition) is 1. The van der Waals surface area contributed by atoms with Gasteiger partial charge in [0.2, 0.25) is 5.88 Å². The Morgan fingerprint density at radius 2 is 1.88 bits per heavy atom. The number of aromatic nitrogens is 2. The van der Waals surface area contributed by atoms with Crippen molar-refractivity contribution in [3.63, 3.8) is 0 Å². The Hall–Kier alpha value is -2.83. The fourth-order valence-corrected chi connectivity index (χ4v) is 4.75. The molecule has 6 heteroatoms. The number of rotatable bonds is 4. The molecule has 0 radical (unpaired) electrons. The number of para-hydroxylation sites is 1. The van der Waals surface area contributed by atoms with Crippen LogP contribution in [0.1, 0.15) is 31.0 Å². The molecule has 0 spiro atoms. The lowest BCUT2D eigenvalue weighted by Gasteiger charge is -2.30. The molecule has 0 bridgehead atoms. The highest BCUT2D eigenvalue weighted by Crippen LogP contribution is 2.30. The first-order valence-corrected chi connectivity index (χ1v) is 12.7. The Morgan fingerprint density at radius 1 is 1.09 bits per heavy atom. The van der Waals surface area contributed by atoms with Gasteiger partial charge >= 0.3 is 0 Å². The third kappa shape index (κ3) is 5.57. The predicted molar refractivity (Wildman–Crippen MR) is 141 cm³/mol. The second-order valence-corrected chi connectivity index (χ2v) is 9.17. The number of anilines is 1. The molecule has 5 rings (SSSR count). The summed E-state index contributed by atoms with van der Waals surface area (Å²) in [6, 6.07) is 18.2. The van der Waals surface area contributed by atoms with Crippen LogP contribution in [0.25, 0.3) is 21.7 Å². The zero-order valence-corrected chi connectivity index (χ0v) is 20.4. The Balaban J connectivity index is 0.000000196. The fourth-order valence-electron chi connectivity index (χ4n) is 4.18. The monoisotopic (exact) mass is 460 g/mol. The summed E-state index contributed by atoms with van der Waals surface area (Å²) in [6.07, 6.45) is 7.23. The van der Waals surface area contributed by atoms with E-state index < -0.39 is 0 Å². The van der Waals surface area contributed by atoms with E-state index in [2.05, 4.69) is 53.7 Å². The lowest BCUT2D eigenvalue weighted by molar-refractivity contribution is 0.135. The number of nitrogens with two attached hydrogens (primary N) is 1. The molecule has 172 valence electrons. The molecule has 0 aliphatic carbocycles. The molecule has 2 N–H and O–H groups in total. The summed E-state index contributed by atoms with van der Waals surface area (Å²) in [7, 11) is 0. The van der Waals surface area contributed by atoms with Crippen molar-refractivity contribution in [2.75, 3.05) is 25.1 Å². The van der Waals surface area contributed by atoms with Crippen LogP contribution >= 0.6 is 11.9 Å². The van der Waals surface area contributed by atoms with Crippen LogP contribution in [0, 0.1) is 6.92 Å². The van der Waals surface area contributed by atoms with Crippen LogP contribution in [-0.2, 0) is 6.42 Å². The van der Waals surface area contributed by atoms with Crippen LogP contribution < -0.4 is 10.5 Å². The van der Waals surface area contributed by atoms with Crippen molar-refractivity contribution < 1.29 is 4.74 Å². The molecule has 0 unspecified atom stereocenters. The zero-order valence-electron chi connectivity index (χ0n) is 19.6. The Kier molecular flexibility index (Phi) is 7.68. The molecule has 33 heavy (non-hydrogen) atoms. The lowest BCUT2D eigenvalue weighted by Crippen LogP contribution is -2.34. The maximum Gasteiger partial charge on any atom is 0.222 e. The van der Waals surface area contributed by atoms with E-state index in [9.17, 15) is 0 Å². The zero-order chi connectivity index (χ0) is 23.2. The number of ether oxygens (including phenoxy) is 1. The number of fused-ring (bicyclic) bond motifs is 2. The molecule has 1 fully saturated rings. The average Bonchev–Trinajstić information content (AvgIpc) is 2.85. The summed E-state index contributed by atoms with van der Waals surface area (Å²) < 4.78 is 8.74. The van der Waals surface area contributed by atoms with Crippen molar-refractivity contribution in [3.8, 4) is 5.88 Å². The highest BCUT2D eigenvalue weighted by molar-refractivity contribution is 7.96. The molecule has 1 aliphatic heterocycles. The molecular formula is C27H32N4OS. The average molecular weight is 461 g/mol. The van der Waals surface area contributed by atoms with Gasteiger partial charge in [-0.2, -0.15) is 0 Å². The molecule has 0 saturated carbocycles. The van der Waals surface area contributed by atoms with E-state index in [1.165, 1.54) is 16.3 Å². The van der Waals surface area contributed by atoms with Crippen LogP contribution in [0.5, 0.6) is 5.88 Å². The molecule has 1 aliphatic rings. The summed E-state index contributed by atoms with van der Waals surface area (Å²) in [5, 5.41) is 3.44. The number of benzene rings is 2. The third-order valence-corrected chi connectivity index (χ3v) is 6.95. The smallest absolute Gasteiger partial charge is 0.222 e. The summed E-state index contributed by atoms with van der Waals surface area (Å²) >= 11 is 1.83. The first-order valence-electron chi connectivity index (χ1n) is 11.5. The van der Waals surface area contributed by atoms with Gasteiger partial charge in [0, 0.05) is 41.4 Å². The van der Waals surface area contributed by atoms with Crippen molar-refractivity contribution in [2.45, 2.75) is 39.2 Å². The molecule has 2 aromatic carbocycles. The van der Waals surface area contributed by atoms with Gasteiger partial charge in [0.15, 0.2) is 0 Å². The largest absolute Gasteiger partial charge is 0.474 e. The Bertz CT molecular complexity index is 1220. The number of pyridine rings is 2. The van der Waals surface area contributed by atoms with Gasteiger partial charge in [-0.3, -0.25) is 9.29 Å². The second kappa shape index (κ2) is 10.9. The number of hydrogen-bond acceptors (Lipinski definition) is 6. The van der Waals surface area contributed by atoms with Gasteiger partial charge in [0.25, 0.3) is 0 Å². The minimum atomic E-state index is 0.283. The van der Waals surface area contributed by atoms with E-state index in [1.54, 1.807) is 6.20 Å². The Morgan fingerprint density at radius 3 is 2.61 bits per heavy atom. The van der Waals surface area contributed by atoms with Crippen LogP contribution in [0.4, 0.5) is 5.69 Å². The minimum Gasteiger partial charge on any atom is -0.474 e. The topological polar surface area (TPSA) is 64.3 Å². The van der Waals surface area contributed by atoms with E-state index in [-0.39, 0.29) is 6.10 Å². The highest BCUT2D eigenvalue weighted by atomic mass is 32.2. The van der Waals surface area contributed by atoms with Crippen LogP contribution in [-0.4, -0.2) is 39.7 Å². The maximum absolute atomic E-state index is 6.34. The van der Waals surface area contributed by atoms with Crippen LogP contribution in [0.2, 0.25) is 0 Å². The van der Waals surface area contributed by atoms with E-state index in [0.717, 1.165) is 60.5 Å². The van der Waals surface area contributed by atoms with Crippen molar-refractivity contribution in [1.82, 2.24) is 14.3 Å². The summed E-state index contributed by atoms with van der Waals surface area (Å²) in [5.74, 6) is 0.829. The first kappa shape index (κ1) is 23.3. The maximum atomic E-state index is 6.34. The number of nitrogens with zero attached hydrogens (tertiary/aromatic N) is 3. The molecule has 3 heterocycles. The molecule has 1 saturated heterocycles. The molecule has 4 aromatic rings. The standard InChI is InChI=1S/C18H24N2OS.C9H8N2/c1-4-15-12-14-7-5-6-13(2)17(14)18(19-15)21-16-8-10-20(22-3)11-9-16;10-8-5-6-11-9-4-2-1-3-7(8)9/h5-7,12,16H,4,8-11H2,1-3H3;1-6H,(H2,10,11). The molecule has 0 atom stereocenters. The lowest BCUT2D eigenvalue weighted by atomic mass is 10.1. The van der Waals surface area contributed by atoms with Gasteiger partial charge in [-0.05, 0) is 61.6 Å². The van der Waals surface area contributed by atoms with Gasteiger partial charge in [0.05, 0.1) is 5.52 Å². The summed E-state index contributed by atoms with van der Waals surface area (Å²) in [5.41, 5.74) is 9.80. The second-order valence-electron chi connectivity index (χ2n) is 8.29. The fraction of sp³-hybridized carbons (Fsp3) is 0.333. The SMILES string of the molecule is CCc1cc2cccc(C)c2c(OC2CCN(SC)CC2)n1.Nc1ccnc2ccccc12. The summed E-state index contributed by atoms with van der Waals surface area (Å²) in [4.78, 5) is 8.93. The van der Waals surface area contributed by atoms with Crippen LogP contribution in [0.15, 0.2) is 60.8 Å². The molecule has 2 aromatic heterocycles. The molecular weight excluding hydrogens is 428 g/mol. The summed E-state index contributed by atoms with van der Waals surface area (Å²) in [6.45, 7) is 6.47. The van der Waals surface area contributed by atoms with E-state index in [4.69, 9.17) is 15.5 Å². The number of nitrogen functional groups attached to an aromatic ring is 1. The van der Waals surface area contributed by atoms with E-state index in [1.807, 2.05) is 42.3 Å². The van der Waals surface area contributed by atoms with Gasteiger partial charge < -0.3 is 10.5 Å². The first-order chi connectivity index (χ1) is 16.1. The van der Waals surface area contributed by atoms with E-state index in [0.29, 0.717) is 0 Å². The molecule has 0 amide bonds. The van der Waals surface area contributed by atoms with Gasteiger partial charge in [-0.1, -0.05) is 55.3 Å². The van der Waals surface area contributed by atoms with Gasteiger partial charge in [0.1, 0.15) is 6.10 Å². The van der Waals surface area contributed by atoms with Crippen molar-refractivity contribution >= 4 is 39.3 Å². The quantitative estimate of drug-likeness (QED) is 0.374. The van der Waals surface area contributed by atoms with Crippen molar-refractivity contribution in [3.05, 3.63) is 72.1 Å². The third-order valence-electron chi connectivity index (χ3n) is 6.07. The predicted octanol–water partition coefficient (Wildman–Crippen LogP) is 6.04. The van der Waals surface area contributed by atoms with Crippen LogP contribution in [0.3, 0.4) is 0 Å². The van der Waals surface area contributed by atoms with Gasteiger partial charge in [-0.25, -0.2) is 4.98 Å². The minimum absolute atomic E-state index is 0.283. The number of piperidine rings is 1. The Labute approximate surface area is 200 Å². The van der Waals surface area contributed by atoms with Crippen molar-refractivity contribution in [1.29, 1.82) is 0 Å². The molecule has 5 nitrogen and oxygen atoms in total. The normalized spacial score (nSPS) is 14.8. The number of aryl methyl sites for hydroxylation is 2. The van der Waals surface area contributed by atoms with E-state index >= 15 is 0 Å². The van der Waals surface area contributed by atoms with Gasteiger partial charge in [-0.15, -0.1) is 0 Å². The van der Waals surface area contributed by atoms with Crippen molar-refractivity contribution in [2.24, 2.45) is 0 Å².